The van der Waals surface area contributed by atoms with Gasteiger partial charge in [-0.3, -0.25) is 4.79 Å². The first-order valence-corrected chi connectivity index (χ1v) is 5.65. The maximum absolute atomic E-state index is 13.5. The molecule has 0 fully saturated rings. The molecule has 1 aromatic heterocycles. The van der Waals surface area contributed by atoms with E-state index in [0.717, 1.165) is 6.07 Å². The second-order valence-corrected chi connectivity index (χ2v) is 3.92. The highest BCUT2D eigenvalue weighted by Crippen LogP contribution is 2.22. The molecular weight excluding hydrogens is 254 g/mol. The minimum absolute atomic E-state index is 0.174. The smallest absolute Gasteiger partial charge is 0.259 e. The Labute approximate surface area is 108 Å². The van der Waals surface area contributed by atoms with Crippen LogP contribution >= 0.6 is 0 Å². The van der Waals surface area contributed by atoms with Crippen LogP contribution in [0, 0.1) is 11.6 Å². The third kappa shape index (κ3) is 2.57. The molecule has 3 N–H and O–H groups in total. The number of furan rings is 1. The summed E-state index contributed by atoms with van der Waals surface area (Å²) in [6.45, 7) is 1.83. The van der Waals surface area contributed by atoms with Crippen LogP contribution in [0.15, 0.2) is 28.9 Å². The molecule has 0 spiro atoms. The zero-order chi connectivity index (χ0) is 14.0. The van der Waals surface area contributed by atoms with Crippen molar-refractivity contribution >= 4 is 17.3 Å². The first-order valence-electron chi connectivity index (χ1n) is 5.65. The van der Waals surface area contributed by atoms with Gasteiger partial charge in [-0.2, -0.15) is 0 Å². The Kier molecular flexibility index (Phi) is 3.50. The van der Waals surface area contributed by atoms with E-state index in [9.17, 15) is 13.6 Å². The topological polar surface area (TPSA) is 68.3 Å². The van der Waals surface area contributed by atoms with E-state index in [1.54, 1.807) is 0 Å². The minimum Gasteiger partial charge on any atom is -0.469 e. The number of hydrogen-bond donors (Lipinski definition) is 2. The van der Waals surface area contributed by atoms with Crippen LogP contribution in [0.1, 0.15) is 23.0 Å². The van der Waals surface area contributed by atoms with Crippen molar-refractivity contribution in [1.82, 2.24) is 0 Å². The first-order chi connectivity index (χ1) is 9.02. The Morgan fingerprint density at radius 1 is 1.37 bits per heavy atom. The molecule has 1 aromatic carbocycles. The molecule has 1 heterocycles. The summed E-state index contributed by atoms with van der Waals surface area (Å²) in [5.41, 5.74) is 5.23. The summed E-state index contributed by atoms with van der Waals surface area (Å²) in [4.78, 5) is 11.9. The van der Waals surface area contributed by atoms with Crippen molar-refractivity contribution in [2.24, 2.45) is 0 Å². The fourth-order valence-electron chi connectivity index (χ4n) is 1.67. The van der Waals surface area contributed by atoms with Gasteiger partial charge in [0, 0.05) is 12.5 Å². The number of nitrogens with two attached hydrogens (primary N) is 1. The monoisotopic (exact) mass is 266 g/mol. The summed E-state index contributed by atoms with van der Waals surface area (Å²) in [5, 5.41) is 2.33. The molecule has 0 bridgehead atoms. The van der Waals surface area contributed by atoms with Crippen molar-refractivity contribution in [1.29, 1.82) is 0 Å². The molecule has 1 amide bonds. The summed E-state index contributed by atoms with van der Waals surface area (Å²) < 4.78 is 31.6. The average Bonchev–Trinajstić information content (AvgIpc) is 2.84. The Hall–Kier alpha value is -2.37. The summed E-state index contributed by atoms with van der Waals surface area (Å²) in [7, 11) is 0. The van der Waals surface area contributed by atoms with Crippen LogP contribution in [-0.2, 0) is 6.42 Å². The van der Waals surface area contributed by atoms with Crippen LogP contribution in [0.4, 0.5) is 20.2 Å². The van der Waals surface area contributed by atoms with Crippen LogP contribution in [0.2, 0.25) is 0 Å². The molecule has 0 radical (unpaired) electrons. The molecule has 0 aliphatic heterocycles. The van der Waals surface area contributed by atoms with Gasteiger partial charge in [-0.15, -0.1) is 0 Å². The van der Waals surface area contributed by atoms with E-state index in [-0.39, 0.29) is 11.4 Å². The number of halogens is 2. The number of amides is 1. The van der Waals surface area contributed by atoms with Gasteiger partial charge in [0.05, 0.1) is 23.2 Å². The highest BCUT2D eigenvalue weighted by molar-refractivity contribution is 6.05. The third-order valence-corrected chi connectivity index (χ3v) is 2.65. The minimum atomic E-state index is -0.887. The van der Waals surface area contributed by atoms with E-state index in [4.69, 9.17) is 10.2 Å². The van der Waals surface area contributed by atoms with E-state index >= 15 is 0 Å². The number of carbonyl (C=O) groups excluding carboxylic acids is 1. The lowest BCUT2D eigenvalue weighted by atomic mass is 10.2. The molecule has 0 aliphatic rings. The zero-order valence-electron chi connectivity index (χ0n) is 10.2. The van der Waals surface area contributed by atoms with Crippen molar-refractivity contribution < 1.29 is 18.0 Å². The van der Waals surface area contributed by atoms with Gasteiger partial charge in [0.25, 0.3) is 5.91 Å². The predicted octanol–water partition coefficient (Wildman–Crippen LogP) is 2.95. The van der Waals surface area contributed by atoms with E-state index in [1.165, 1.54) is 12.3 Å². The summed E-state index contributed by atoms with van der Waals surface area (Å²) in [6, 6.07) is 3.15. The molecular formula is C13H12F2N2O2. The number of rotatable bonds is 3. The lowest BCUT2D eigenvalue weighted by molar-refractivity contribution is 0.102. The lowest BCUT2D eigenvalue weighted by Gasteiger charge is -2.07. The zero-order valence-corrected chi connectivity index (χ0v) is 10.2. The normalized spacial score (nSPS) is 10.5. The SMILES string of the molecule is CCc1occc1C(=O)Nc1cc(N)c(F)cc1F. The van der Waals surface area contributed by atoms with Crippen LogP contribution in [0.3, 0.4) is 0 Å². The highest BCUT2D eigenvalue weighted by Gasteiger charge is 2.16. The Bertz CT molecular complexity index is 623. The molecule has 2 rings (SSSR count). The van der Waals surface area contributed by atoms with Crippen molar-refractivity contribution in [2.45, 2.75) is 13.3 Å². The number of carbonyl (C=O) groups is 1. The predicted molar refractivity (Wildman–Crippen MR) is 66.8 cm³/mol. The maximum atomic E-state index is 13.5. The van der Waals surface area contributed by atoms with Gasteiger partial charge in [-0.25, -0.2) is 8.78 Å². The van der Waals surface area contributed by atoms with Crippen molar-refractivity contribution in [3.8, 4) is 0 Å². The Morgan fingerprint density at radius 2 is 2.11 bits per heavy atom. The highest BCUT2D eigenvalue weighted by atomic mass is 19.1. The van der Waals surface area contributed by atoms with Crippen molar-refractivity contribution in [3.05, 3.63) is 47.4 Å². The largest absolute Gasteiger partial charge is 0.469 e. The number of nitrogen functional groups attached to an aromatic ring is 1. The van der Waals surface area contributed by atoms with Gasteiger partial charge >= 0.3 is 0 Å². The number of nitrogens with one attached hydrogen (secondary N) is 1. The van der Waals surface area contributed by atoms with E-state index in [2.05, 4.69) is 5.32 Å². The Balaban J connectivity index is 2.27. The Morgan fingerprint density at radius 3 is 2.79 bits per heavy atom. The second kappa shape index (κ2) is 5.09. The summed E-state index contributed by atoms with van der Waals surface area (Å²) >= 11 is 0. The van der Waals surface area contributed by atoms with E-state index in [0.29, 0.717) is 23.8 Å². The fourth-order valence-corrected chi connectivity index (χ4v) is 1.67. The summed E-state index contributed by atoms with van der Waals surface area (Å²) in [5.74, 6) is -1.79. The molecule has 100 valence electrons. The molecule has 0 saturated heterocycles. The second-order valence-electron chi connectivity index (χ2n) is 3.92. The molecule has 4 nitrogen and oxygen atoms in total. The van der Waals surface area contributed by atoms with Gasteiger partial charge in [0.15, 0.2) is 0 Å². The number of benzene rings is 1. The molecule has 0 aliphatic carbocycles. The number of hydrogen-bond acceptors (Lipinski definition) is 3. The van der Waals surface area contributed by atoms with Crippen LogP contribution in [-0.4, -0.2) is 5.91 Å². The standard InChI is InChI=1S/C13H12F2N2O2/c1-2-12-7(3-4-19-12)13(18)17-11-6-10(16)8(14)5-9(11)15/h3-6H,2,16H2,1H3,(H,17,18). The van der Waals surface area contributed by atoms with E-state index < -0.39 is 17.5 Å². The summed E-state index contributed by atoms with van der Waals surface area (Å²) in [6.07, 6.45) is 1.91. The number of anilines is 2. The quantitative estimate of drug-likeness (QED) is 0.839. The van der Waals surface area contributed by atoms with Crippen molar-refractivity contribution in [2.75, 3.05) is 11.1 Å². The van der Waals surface area contributed by atoms with Crippen molar-refractivity contribution in [3.63, 3.8) is 0 Å². The number of aryl methyl sites for hydroxylation is 1. The molecule has 2 aromatic rings. The van der Waals surface area contributed by atoms with Gasteiger partial charge in [-0.05, 0) is 12.1 Å². The maximum Gasteiger partial charge on any atom is 0.259 e. The van der Waals surface area contributed by atoms with Crippen LogP contribution in [0.25, 0.3) is 0 Å². The lowest BCUT2D eigenvalue weighted by Crippen LogP contribution is -2.14. The van der Waals surface area contributed by atoms with Gasteiger partial charge in [-0.1, -0.05) is 6.92 Å². The first kappa shape index (κ1) is 13.1. The molecule has 0 saturated carbocycles. The van der Waals surface area contributed by atoms with E-state index in [1.807, 2.05) is 6.92 Å². The average molecular weight is 266 g/mol. The van der Waals surface area contributed by atoms with Gasteiger partial charge in [0.1, 0.15) is 17.4 Å². The molecule has 0 unspecified atom stereocenters. The van der Waals surface area contributed by atoms with Crippen LogP contribution < -0.4 is 11.1 Å². The van der Waals surface area contributed by atoms with Crippen LogP contribution in [0.5, 0.6) is 0 Å². The molecule has 6 heteroatoms. The van der Waals surface area contributed by atoms with Gasteiger partial charge < -0.3 is 15.5 Å². The van der Waals surface area contributed by atoms with Gasteiger partial charge in [0.2, 0.25) is 0 Å². The third-order valence-electron chi connectivity index (χ3n) is 2.65. The fraction of sp³-hybridized carbons (Fsp3) is 0.154. The molecule has 19 heavy (non-hydrogen) atoms. The molecule has 0 atom stereocenters.